The topological polar surface area (TPSA) is 21.3 Å². The highest BCUT2D eigenvalue weighted by Gasteiger charge is 2.27. The molecule has 0 radical (unpaired) electrons. The molecule has 0 amide bonds. The highest BCUT2D eigenvalue weighted by molar-refractivity contribution is 7.98. The van der Waals surface area contributed by atoms with Crippen LogP contribution < -0.4 is 5.32 Å². The van der Waals surface area contributed by atoms with E-state index in [0.717, 1.165) is 17.1 Å². The second kappa shape index (κ2) is 4.75. The fraction of sp³-hybridized carbons (Fsp3) is 0.143. The summed E-state index contributed by atoms with van der Waals surface area (Å²) in [4.78, 5) is 1.24. The second-order valence-electron chi connectivity index (χ2n) is 4.05. The molecule has 92 valence electrons. The average molecular weight is 278 g/mol. The standard InChI is InChI=1S/C14H12ClNOS/c1-18-10-4-2-9(3-5-10)13-8-12-14(17-13)11(15)6-7-16-12/h2-8,12,16H,1H3. The Morgan fingerprint density at radius 2 is 2.06 bits per heavy atom. The molecule has 2 aliphatic rings. The predicted octanol–water partition coefficient (Wildman–Crippen LogP) is 3.72. The number of halogens is 1. The third-order valence-corrected chi connectivity index (χ3v) is 3.99. The molecule has 0 aliphatic carbocycles. The maximum absolute atomic E-state index is 6.11. The van der Waals surface area contributed by atoms with Crippen LogP contribution in [0.15, 0.2) is 58.3 Å². The Bertz CT molecular complexity index is 560. The molecule has 0 saturated carbocycles. The molecule has 1 atom stereocenters. The third kappa shape index (κ3) is 2.04. The first-order valence-electron chi connectivity index (χ1n) is 5.64. The van der Waals surface area contributed by atoms with Gasteiger partial charge in [0.25, 0.3) is 0 Å². The van der Waals surface area contributed by atoms with Crippen LogP contribution in [-0.2, 0) is 4.74 Å². The van der Waals surface area contributed by atoms with Crippen molar-refractivity contribution in [3.8, 4) is 0 Å². The molecule has 0 aromatic heterocycles. The molecule has 2 aliphatic heterocycles. The molecule has 0 saturated heterocycles. The minimum absolute atomic E-state index is 0.0535. The maximum Gasteiger partial charge on any atom is 0.149 e. The zero-order valence-electron chi connectivity index (χ0n) is 9.81. The number of allylic oxidation sites excluding steroid dienone is 2. The lowest BCUT2D eigenvalue weighted by Gasteiger charge is -2.15. The SMILES string of the molecule is CSc1ccc(C2=CC3NC=CC(Cl)=C3O2)cc1. The van der Waals surface area contributed by atoms with Gasteiger partial charge in [-0.2, -0.15) is 0 Å². The number of dihydropyridines is 1. The van der Waals surface area contributed by atoms with Crippen LogP contribution in [0.4, 0.5) is 0 Å². The van der Waals surface area contributed by atoms with Crippen molar-refractivity contribution >= 4 is 29.1 Å². The first-order chi connectivity index (χ1) is 8.78. The second-order valence-corrected chi connectivity index (χ2v) is 5.34. The summed E-state index contributed by atoms with van der Waals surface area (Å²) in [6, 6.07) is 8.37. The summed E-state index contributed by atoms with van der Waals surface area (Å²) in [6.45, 7) is 0. The average Bonchev–Trinajstić information content (AvgIpc) is 2.84. The number of nitrogens with one attached hydrogen (secondary N) is 1. The molecule has 1 aromatic carbocycles. The van der Waals surface area contributed by atoms with E-state index in [9.17, 15) is 0 Å². The minimum atomic E-state index is 0.0535. The van der Waals surface area contributed by atoms with Crippen LogP contribution in [0.25, 0.3) is 5.76 Å². The zero-order chi connectivity index (χ0) is 12.5. The lowest BCUT2D eigenvalue weighted by atomic mass is 10.1. The largest absolute Gasteiger partial charge is 0.457 e. The van der Waals surface area contributed by atoms with E-state index in [1.165, 1.54) is 4.90 Å². The molecule has 3 rings (SSSR count). The Balaban J connectivity index is 1.89. The molecule has 1 aromatic rings. The summed E-state index contributed by atoms with van der Waals surface area (Å²) in [7, 11) is 0. The van der Waals surface area contributed by atoms with Crippen molar-refractivity contribution in [3.05, 3.63) is 59.0 Å². The van der Waals surface area contributed by atoms with Gasteiger partial charge in [-0.15, -0.1) is 11.8 Å². The van der Waals surface area contributed by atoms with E-state index in [1.54, 1.807) is 17.8 Å². The van der Waals surface area contributed by atoms with Gasteiger partial charge in [-0.05, 0) is 36.7 Å². The number of ether oxygens (including phenoxy) is 1. The van der Waals surface area contributed by atoms with Gasteiger partial charge in [0.05, 0.1) is 5.03 Å². The van der Waals surface area contributed by atoms with Gasteiger partial charge in [0.15, 0.2) is 0 Å². The number of rotatable bonds is 2. The first-order valence-corrected chi connectivity index (χ1v) is 7.24. The van der Waals surface area contributed by atoms with Crippen LogP contribution in [0.2, 0.25) is 0 Å². The van der Waals surface area contributed by atoms with Crippen molar-refractivity contribution in [3.63, 3.8) is 0 Å². The molecular weight excluding hydrogens is 266 g/mol. The van der Waals surface area contributed by atoms with Gasteiger partial charge < -0.3 is 10.1 Å². The van der Waals surface area contributed by atoms with Gasteiger partial charge in [0, 0.05) is 10.5 Å². The van der Waals surface area contributed by atoms with Crippen molar-refractivity contribution < 1.29 is 4.74 Å². The van der Waals surface area contributed by atoms with Gasteiger partial charge in [0.1, 0.15) is 17.6 Å². The zero-order valence-corrected chi connectivity index (χ0v) is 11.4. The summed E-state index contributed by atoms with van der Waals surface area (Å²) >= 11 is 7.84. The van der Waals surface area contributed by atoms with Crippen molar-refractivity contribution in [1.29, 1.82) is 0 Å². The normalized spacial score (nSPS) is 21.2. The Kier molecular flexibility index (Phi) is 3.10. The van der Waals surface area contributed by atoms with E-state index < -0.39 is 0 Å². The molecule has 4 heteroatoms. The number of hydrogen-bond donors (Lipinski definition) is 1. The molecule has 1 unspecified atom stereocenters. The fourth-order valence-electron chi connectivity index (χ4n) is 1.98. The van der Waals surface area contributed by atoms with E-state index >= 15 is 0 Å². The van der Waals surface area contributed by atoms with E-state index in [4.69, 9.17) is 16.3 Å². The monoisotopic (exact) mass is 277 g/mol. The minimum Gasteiger partial charge on any atom is -0.457 e. The Morgan fingerprint density at radius 1 is 1.28 bits per heavy atom. The van der Waals surface area contributed by atoms with Gasteiger partial charge >= 0.3 is 0 Å². The fourth-order valence-corrected chi connectivity index (χ4v) is 2.61. The molecule has 2 nitrogen and oxygen atoms in total. The summed E-state index contributed by atoms with van der Waals surface area (Å²) < 4.78 is 5.83. The van der Waals surface area contributed by atoms with E-state index in [2.05, 4.69) is 41.9 Å². The molecule has 0 fully saturated rings. The molecule has 18 heavy (non-hydrogen) atoms. The van der Waals surface area contributed by atoms with E-state index in [-0.39, 0.29) is 6.04 Å². The van der Waals surface area contributed by atoms with Gasteiger partial charge in [0.2, 0.25) is 0 Å². The molecule has 0 bridgehead atoms. The lowest BCUT2D eigenvalue weighted by molar-refractivity contribution is 0.374. The number of thioether (sulfide) groups is 1. The van der Waals surface area contributed by atoms with Crippen molar-refractivity contribution in [2.75, 3.05) is 6.26 Å². The van der Waals surface area contributed by atoms with Gasteiger partial charge in [-0.3, -0.25) is 0 Å². The number of fused-ring (bicyclic) bond motifs is 1. The van der Waals surface area contributed by atoms with Crippen molar-refractivity contribution in [2.45, 2.75) is 10.9 Å². The maximum atomic E-state index is 6.11. The number of hydrogen-bond acceptors (Lipinski definition) is 3. The van der Waals surface area contributed by atoms with Crippen LogP contribution in [0.1, 0.15) is 5.56 Å². The smallest absolute Gasteiger partial charge is 0.149 e. The molecule has 2 heterocycles. The summed E-state index contributed by atoms with van der Waals surface area (Å²) in [5.41, 5.74) is 1.07. The van der Waals surface area contributed by atoms with Crippen LogP contribution in [0, 0.1) is 0 Å². The molecular formula is C14H12ClNOS. The van der Waals surface area contributed by atoms with Crippen LogP contribution >= 0.6 is 23.4 Å². The van der Waals surface area contributed by atoms with Crippen LogP contribution in [-0.4, -0.2) is 12.3 Å². The quantitative estimate of drug-likeness (QED) is 0.833. The molecule has 0 spiro atoms. The third-order valence-electron chi connectivity index (χ3n) is 2.94. The Morgan fingerprint density at radius 3 is 2.72 bits per heavy atom. The van der Waals surface area contributed by atoms with E-state index in [0.29, 0.717) is 5.03 Å². The summed E-state index contributed by atoms with van der Waals surface area (Å²) in [5.74, 6) is 1.64. The van der Waals surface area contributed by atoms with Gasteiger partial charge in [-0.1, -0.05) is 23.7 Å². The Hall–Kier alpha value is -1.32. The van der Waals surface area contributed by atoms with Crippen LogP contribution in [0.3, 0.4) is 0 Å². The van der Waals surface area contributed by atoms with Gasteiger partial charge in [-0.25, -0.2) is 0 Å². The number of benzene rings is 1. The Labute approximate surface area is 115 Å². The van der Waals surface area contributed by atoms with Crippen LogP contribution in [0.5, 0.6) is 0 Å². The summed E-state index contributed by atoms with van der Waals surface area (Å²) in [5, 5.41) is 3.86. The van der Waals surface area contributed by atoms with E-state index in [1.807, 2.05) is 6.20 Å². The molecule has 1 N–H and O–H groups in total. The first kappa shape index (κ1) is 11.8. The van der Waals surface area contributed by atoms with Crippen molar-refractivity contribution in [1.82, 2.24) is 5.32 Å². The lowest BCUT2D eigenvalue weighted by Crippen LogP contribution is -2.24. The highest BCUT2D eigenvalue weighted by atomic mass is 35.5. The summed E-state index contributed by atoms with van der Waals surface area (Å²) in [6.07, 6.45) is 7.77. The van der Waals surface area contributed by atoms with Crippen molar-refractivity contribution in [2.24, 2.45) is 0 Å². The predicted molar refractivity (Wildman–Crippen MR) is 76.2 cm³/mol. The highest BCUT2D eigenvalue weighted by Crippen LogP contribution is 2.34.